The molecule has 0 spiro atoms. The van der Waals surface area contributed by atoms with Crippen molar-refractivity contribution in [2.75, 3.05) is 19.7 Å². The number of amides is 1. The van der Waals surface area contributed by atoms with Gasteiger partial charge in [-0.15, -0.1) is 0 Å². The third kappa shape index (κ3) is 2.52. The molecule has 0 aromatic carbocycles. The number of nitrogens with one attached hydrogen (secondary N) is 1. The smallest absolute Gasteiger partial charge is 0.257 e. The van der Waals surface area contributed by atoms with E-state index < -0.39 is 0 Å². The van der Waals surface area contributed by atoms with Gasteiger partial charge in [0.2, 0.25) is 0 Å². The lowest BCUT2D eigenvalue weighted by molar-refractivity contribution is -0.0267. The van der Waals surface area contributed by atoms with E-state index >= 15 is 0 Å². The molecule has 1 N–H and O–H groups in total. The summed E-state index contributed by atoms with van der Waals surface area (Å²) >= 11 is 0. The maximum Gasteiger partial charge on any atom is 0.257 e. The van der Waals surface area contributed by atoms with E-state index in [-0.39, 0.29) is 12.0 Å². The number of nitrogens with zero attached hydrogens (tertiary/aromatic N) is 3. The van der Waals surface area contributed by atoms with Crippen molar-refractivity contribution in [1.29, 1.82) is 0 Å². The maximum absolute atomic E-state index is 12.8. The summed E-state index contributed by atoms with van der Waals surface area (Å²) in [6, 6.07) is 0. The SMILES string of the molecule is Cc1nc([C@H]2CN(C(=O)c3c(C)oc(C)c3C)CCO2)n[nH]1. The van der Waals surface area contributed by atoms with E-state index in [0.29, 0.717) is 36.8 Å². The minimum atomic E-state index is -0.295. The van der Waals surface area contributed by atoms with Crippen molar-refractivity contribution in [3.63, 3.8) is 0 Å². The lowest BCUT2D eigenvalue weighted by Crippen LogP contribution is -2.42. The summed E-state index contributed by atoms with van der Waals surface area (Å²) in [6.45, 7) is 8.92. The van der Waals surface area contributed by atoms with Crippen molar-refractivity contribution in [2.24, 2.45) is 0 Å². The van der Waals surface area contributed by atoms with Gasteiger partial charge in [-0.25, -0.2) is 4.98 Å². The molecule has 0 bridgehead atoms. The largest absolute Gasteiger partial charge is 0.466 e. The number of rotatable bonds is 2. The highest BCUT2D eigenvalue weighted by Gasteiger charge is 2.31. The van der Waals surface area contributed by atoms with Crippen molar-refractivity contribution in [3.8, 4) is 0 Å². The molecule has 1 atom stereocenters. The minimum Gasteiger partial charge on any atom is -0.466 e. The quantitative estimate of drug-likeness (QED) is 0.915. The Morgan fingerprint density at radius 3 is 2.64 bits per heavy atom. The van der Waals surface area contributed by atoms with Crippen LogP contribution in [0.4, 0.5) is 0 Å². The molecular formula is C15H20N4O3. The van der Waals surface area contributed by atoms with Gasteiger partial charge in [0, 0.05) is 12.1 Å². The molecule has 1 fully saturated rings. The van der Waals surface area contributed by atoms with E-state index in [2.05, 4.69) is 15.2 Å². The molecule has 2 aromatic rings. The second-order valence-electron chi connectivity index (χ2n) is 5.60. The molecule has 22 heavy (non-hydrogen) atoms. The van der Waals surface area contributed by atoms with E-state index in [1.54, 1.807) is 4.90 Å². The number of H-pyrrole nitrogens is 1. The van der Waals surface area contributed by atoms with Gasteiger partial charge in [-0.1, -0.05) is 0 Å². The van der Waals surface area contributed by atoms with Crippen LogP contribution in [0, 0.1) is 27.7 Å². The zero-order valence-electron chi connectivity index (χ0n) is 13.3. The Morgan fingerprint density at radius 2 is 2.05 bits per heavy atom. The Morgan fingerprint density at radius 1 is 1.27 bits per heavy atom. The highest BCUT2D eigenvalue weighted by Crippen LogP contribution is 2.25. The molecule has 7 nitrogen and oxygen atoms in total. The molecule has 1 aliphatic heterocycles. The van der Waals surface area contributed by atoms with Crippen molar-refractivity contribution in [1.82, 2.24) is 20.1 Å². The molecule has 1 amide bonds. The van der Waals surface area contributed by atoms with E-state index in [4.69, 9.17) is 9.15 Å². The number of morpholine rings is 1. The lowest BCUT2D eigenvalue weighted by Gasteiger charge is -2.31. The second-order valence-corrected chi connectivity index (χ2v) is 5.60. The van der Waals surface area contributed by atoms with Crippen LogP contribution in [0.1, 0.15) is 45.2 Å². The van der Waals surface area contributed by atoms with Gasteiger partial charge < -0.3 is 14.1 Å². The molecule has 7 heteroatoms. The number of hydrogen-bond donors (Lipinski definition) is 1. The van der Waals surface area contributed by atoms with E-state index in [1.807, 2.05) is 27.7 Å². The summed E-state index contributed by atoms with van der Waals surface area (Å²) in [5.74, 6) is 2.76. The summed E-state index contributed by atoms with van der Waals surface area (Å²) in [4.78, 5) is 18.9. The van der Waals surface area contributed by atoms with Crippen LogP contribution in [-0.2, 0) is 4.74 Å². The van der Waals surface area contributed by atoms with Gasteiger partial charge in [0.15, 0.2) is 5.82 Å². The van der Waals surface area contributed by atoms with E-state index in [1.165, 1.54) is 0 Å². The fourth-order valence-corrected chi connectivity index (χ4v) is 2.76. The topological polar surface area (TPSA) is 84.2 Å². The Balaban J connectivity index is 1.81. The number of ether oxygens (including phenoxy) is 1. The number of carbonyl (C=O) groups is 1. The van der Waals surface area contributed by atoms with Crippen LogP contribution in [0.15, 0.2) is 4.42 Å². The average Bonchev–Trinajstić information content (AvgIpc) is 3.03. The Bertz CT molecular complexity index is 704. The minimum absolute atomic E-state index is 0.0209. The number of carbonyl (C=O) groups excluding carboxylic acids is 1. The number of furan rings is 1. The number of hydrogen-bond acceptors (Lipinski definition) is 5. The van der Waals surface area contributed by atoms with Gasteiger partial charge in [0.25, 0.3) is 5.91 Å². The Labute approximate surface area is 128 Å². The summed E-state index contributed by atoms with van der Waals surface area (Å²) < 4.78 is 11.3. The first kappa shape index (κ1) is 14.8. The molecule has 0 saturated carbocycles. The molecular weight excluding hydrogens is 284 g/mol. The summed E-state index contributed by atoms with van der Waals surface area (Å²) in [7, 11) is 0. The van der Waals surface area contributed by atoms with Crippen LogP contribution in [0.25, 0.3) is 0 Å². The Kier molecular flexibility index (Phi) is 3.74. The molecule has 118 valence electrons. The average molecular weight is 304 g/mol. The zero-order chi connectivity index (χ0) is 15.9. The van der Waals surface area contributed by atoms with Crippen molar-refractivity contribution in [3.05, 3.63) is 34.3 Å². The fourth-order valence-electron chi connectivity index (χ4n) is 2.76. The Hall–Kier alpha value is -2.15. The second kappa shape index (κ2) is 5.57. The fraction of sp³-hybridized carbons (Fsp3) is 0.533. The molecule has 3 rings (SSSR count). The summed E-state index contributed by atoms with van der Waals surface area (Å²) in [6.07, 6.45) is -0.295. The molecule has 2 aromatic heterocycles. The van der Waals surface area contributed by atoms with Crippen molar-refractivity contribution in [2.45, 2.75) is 33.8 Å². The van der Waals surface area contributed by atoms with E-state index in [0.717, 1.165) is 17.1 Å². The third-order valence-electron chi connectivity index (χ3n) is 4.03. The first-order valence-electron chi connectivity index (χ1n) is 7.33. The highest BCUT2D eigenvalue weighted by atomic mass is 16.5. The molecule has 1 aliphatic rings. The highest BCUT2D eigenvalue weighted by molar-refractivity contribution is 5.97. The number of aryl methyl sites for hydroxylation is 3. The predicted octanol–water partition coefficient (Wildman–Crippen LogP) is 1.85. The van der Waals surface area contributed by atoms with Crippen LogP contribution in [0.5, 0.6) is 0 Å². The zero-order valence-corrected chi connectivity index (χ0v) is 13.3. The molecule has 0 aliphatic carbocycles. The predicted molar refractivity (Wildman–Crippen MR) is 78.6 cm³/mol. The maximum atomic E-state index is 12.8. The molecule has 0 radical (unpaired) electrons. The third-order valence-corrected chi connectivity index (χ3v) is 4.03. The van der Waals surface area contributed by atoms with Gasteiger partial charge >= 0.3 is 0 Å². The lowest BCUT2D eigenvalue weighted by atomic mass is 10.1. The first-order chi connectivity index (χ1) is 10.5. The first-order valence-corrected chi connectivity index (χ1v) is 7.33. The van der Waals surface area contributed by atoms with Gasteiger partial charge in [0.05, 0.1) is 18.7 Å². The van der Waals surface area contributed by atoms with Crippen LogP contribution < -0.4 is 0 Å². The summed E-state index contributed by atoms with van der Waals surface area (Å²) in [5, 5.41) is 6.93. The van der Waals surface area contributed by atoms with Gasteiger partial charge in [-0.2, -0.15) is 5.10 Å². The molecule has 0 unspecified atom stereocenters. The van der Waals surface area contributed by atoms with Crippen LogP contribution in [0.2, 0.25) is 0 Å². The van der Waals surface area contributed by atoms with Crippen LogP contribution >= 0.6 is 0 Å². The standard InChI is InChI=1S/C15H20N4O3/c1-8-9(2)22-10(3)13(8)15(20)19-5-6-21-12(7-19)14-16-11(4)17-18-14/h12H,5-7H2,1-4H3,(H,16,17,18)/t12-/m1/s1. The van der Waals surface area contributed by atoms with Gasteiger partial charge in [-0.3, -0.25) is 9.89 Å². The van der Waals surface area contributed by atoms with Gasteiger partial charge in [0.1, 0.15) is 23.4 Å². The number of aromatic amines is 1. The van der Waals surface area contributed by atoms with Crippen LogP contribution in [-0.4, -0.2) is 45.7 Å². The molecule has 3 heterocycles. The number of aromatic nitrogens is 3. The van der Waals surface area contributed by atoms with E-state index in [9.17, 15) is 4.79 Å². The van der Waals surface area contributed by atoms with Crippen molar-refractivity contribution < 1.29 is 13.9 Å². The monoisotopic (exact) mass is 304 g/mol. The normalized spacial score (nSPS) is 18.7. The summed E-state index contributed by atoms with van der Waals surface area (Å²) in [5.41, 5.74) is 1.56. The van der Waals surface area contributed by atoms with Gasteiger partial charge in [-0.05, 0) is 27.7 Å². The van der Waals surface area contributed by atoms with Crippen LogP contribution in [0.3, 0.4) is 0 Å². The van der Waals surface area contributed by atoms with Crippen molar-refractivity contribution >= 4 is 5.91 Å². The molecule has 1 saturated heterocycles.